The average Bonchev–Trinajstić information content (AvgIpc) is 3.10. The van der Waals surface area contributed by atoms with Gasteiger partial charge >= 0.3 is 0 Å². The molecule has 0 saturated carbocycles. The van der Waals surface area contributed by atoms with Crippen molar-refractivity contribution in [1.29, 1.82) is 0 Å². The van der Waals surface area contributed by atoms with Crippen molar-refractivity contribution in [2.24, 2.45) is 0 Å². The zero-order valence-corrected chi connectivity index (χ0v) is 10.7. The molecule has 3 nitrogen and oxygen atoms in total. The number of aromatic nitrogens is 1. The van der Waals surface area contributed by atoms with E-state index in [4.69, 9.17) is 16.0 Å². The lowest BCUT2D eigenvalue weighted by atomic mass is 10.1. The summed E-state index contributed by atoms with van der Waals surface area (Å²) < 4.78 is 7.39. The topological polar surface area (TPSA) is 35.1 Å². The van der Waals surface area contributed by atoms with Crippen molar-refractivity contribution in [1.82, 2.24) is 4.57 Å². The molecular weight excluding hydrogens is 262 g/mol. The van der Waals surface area contributed by atoms with Crippen LogP contribution in [0.25, 0.3) is 17.0 Å². The Hall–Kier alpha value is -2.26. The molecule has 0 saturated heterocycles. The average molecular weight is 272 g/mol. The van der Waals surface area contributed by atoms with E-state index in [0.29, 0.717) is 17.1 Å². The molecule has 3 rings (SSSR count). The van der Waals surface area contributed by atoms with Crippen LogP contribution in [0.15, 0.2) is 59.3 Å². The van der Waals surface area contributed by atoms with Gasteiger partial charge in [-0.15, -0.1) is 0 Å². The molecule has 0 radical (unpaired) electrons. The number of carbonyl (C=O) groups excluding carboxylic acids is 1. The van der Waals surface area contributed by atoms with E-state index in [0.717, 1.165) is 11.3 Å². The first-order valence-electron chi connectivity index (χ1n) is 5.76. The van der Waals surface area contributed by atoms with E-state index in [2.05, 4.69) is 0 Å². The lowest BCUT2D eigenvalue weighted by Gasteiger charge is -2.06. The van der Waals surface area contributed by atoms with E-state index < -0.39 is 0 Å². The van der Waals surface area contributed by atoms with Gasteiger partial charge in [-0.05, 0) is 42.5 Å². The van der Waals surface area contributed by atoms with Crippen molar-refractivity contribution in [3.05, 3.63) is 65.6 Å². The predicted molar refractivity (Wildman–Crippen MR) is 73.9 cm³/mol. The number of benzene rings is 1. The first kappa shape index (κ1) is 11.8. The number of rotatable bonds is 3. The van der Waals surface area contributed by atoms with Gasteiger partial charge in [0.1, 0.15) is 5.76 Å². The van der Waals surface area contributed by atoms with Gasteiger partial charge in [0.05, 0.1) is 5.02 Å². The number of furan rings is 1. The van der Waals surface area contributed by atoms with Gasteiger partial charge in [0.15, 0.2) is 12.0 Å². The maximum atomic E-state index is 10.7. The fraction of sp³-hybridized carbons (Fsp3) is 0. The zero-order valence-electron chi connectivity index (χ0n) is 9.92. The molecule has 3 aromatic rings. The van der Waals surface area contributed by atoms with E-state index in [1.54, 1.807) is 12.1 Å². The van der Waals surface area contributed by atoms with Gasteiger partial charge in [-0.2, -0.15) is 0 Å². The minimum atomic E-state index is 0.289. The third-order valence-electron chi connectivity index (χ3n) is 2.86. The summed E-state index contributed by atoms with van der Waals surface area (Å²) in [7, 11) is 0. The van der Waals surface area contributed by atoms with Crippen LogP contribution in [0.4, 0.5) is 0 Å². The van der Waals surface area contributed by atoms with Gasteiger partial charge in [0, 0.05) is 23.6 Å². The quantitative estimate of drug-likeness (QED) is 0.669. The highest BCUT2D eigenvalue weighted by Gasteiger charge is 2.10. The molecule has 2 aromatic heterocycles. The molecule has 0 aliphatic carbocycles. The maximum Gasteiger partial charge on any atom is 0.185 e. The number of nitrogens with zero attached hydrogens (tertiary/aromatic N) is 1. The van der Waals surface area contributed by atoms with Crippen molar-refractivity contribution in [3.8, 4) is 17.0 Å². The summed E-state index contributed by atoms with van der Waals surface area (Å²) >= 11 is 6.19. The lowest BCUT2D eigenvalue weighted by molar-refractivity contribution is 0.110. The van der Waals surface area contributed by atoms with E-state index in [1.807, 2.05) is 47.3 Å². The molecule has 0 N–H and O–H groups in total. The van der Waals surface area contributed by atoms with E-state index in [1.165, 1.54) is 0 Å². The Morgan fingerprint density at radius 3 is 2.58 bits per heavy atom. The lowest BCUT2D eigenvalue weighted by Crippen LogP contribution is -1.90. The third kappa shape index (κ3) is 2.20. The molecular formula is C15H10ClNO2. The summed E-state index contributed by atoms with van der Waals surface area (Å²) in [6.07, 6.45) is 4.57. The number of hydrogen-bond acceptors (Lipinski definition) is 2. The highest BCUT2D eigenvalue weighted by atomic mass is 35.5. The van der Waals surface area contributed by atoms with Gasteiger partial charge < -0.3 is 8.98 Å². The Labute approximate surface area is 115 Å². The van der Waals surface area contributed by atoms with Gasteiger partial charge in [-0.3, -0.25) is 4.79 Å². The Balaban J connectivity index is 2.10. The van der Waals surface area contributed by atoms with Crippen LogP contribution < -0.4 is 0 Å². The second-order valence-corrected chi connectivity index (χ2v) is 4.48. The second-order valence-electron chi connectivity index (χ2n) is 4.07. The minimum Gasteiger partial charge on any atom is -0.453 e. The number of aldehydes is 1. The first-order valence-corrected chi connectivity index (χ1v) is 6.14. The van der Waals surface area contributed by atoms with Crippen molar-refractivity contribution in [2.45, 2.75) is 0 Å². The molecule has 0 atom stereocenters. The molecule has 0 unspecified atom stereocenters. The molecule has 0 aliphatic rings. The van der Waals surface area contributed by atoms with Crippen LogP contribution in [-0.4, -0.2) is 10.9 Å². The summed E-state index contributed by atoms with van der Waals surface area (Å²) in [4.78, 5) is 10.7. The molecule has 0 aliphatic heterocycles. The largest absolute Gasteiger partial charge is 0.453 e. The number of halogens is 1. The van der Waals surface area contributed by atoms with E-state index in [-0.39, 0.29) is 5.76 Å². The Bertz CT molecular complexity index is 714. The summed E-state index contributed by atoms with van der Waals surface area (Å²) in [6, 6.07) is 12.9. The van der Waals surface area contributed by atoms with Crippen LogP contribution in [0.2, 0.25) is 5.02 Å². The van der Waals surface area contributed by atoms with Crippen LogP contribution >= 0.6 is 11.6 Å². The smallest absolute Gasteiger partial charge is 0.185 e. The van der Waals surface area contributed by atoms with Crippen LogP contribution in [0.3, 0.4) is 0 Å². The minimum absolute atomic E-state index is 0.289. The first-order chi connectivity index (χ1) is 9.28. The van der Waals surface area contributed by atoms with Crippen LogP contribution in [-0.2, 0) is 0 Å². The van der Waals surface area contributed by atoms with Crippen molar-refractivity contribution in [2.75, 3.05) is 0 Å². The molecule has 19 heavy (non-hydrogen) atoms. The Morgan fingerprint density at radius 1 is 1.11 bits per heavy atom. The van der Waals surface area contributed by atoms with Crippen molar-refractivity contribution >= 4 is 17.9 Å². The van der Waals surface area contributed by atoms with Crippen molar-refractivity contribution < 1.29 is 9.21 Å². The molecule has 1 aromatic carbocycles. The SMILES string of the molecule is O=Cc1ccc(-c2cc(-n3cccc3)ccc2Cl)o1. The normalized spacial score (nSPS) is 10.6. The van der Waals surface area contributed by atoms with E-state index >= 15 is 0 Å². The van der Waals surface area contributed by atoms with Crippen LogP contribution in [0, 0.1) is 0 Å². The Morgan fingerprint density at radius 2 is 1.89 bits per heavy atom. The fourth-order valence-corrected chi connectivity index (χ4v) is 2.14. The van der Waals surface area contributed by atoms with Crippen LogP contribution in [0.1, 0.15) is 10.6 Å². The van der Waals surface area contributed by atoms with Gasteiger partial charge in [-0.1, -0.05) is 11.6 Å². The highest BCUT2D eigenvalue weighted by molar-refractivity contribution is 6.33. The molecule has 94 valence electrons. The third-order valence-corrected chi connectivity index (χ3v) is 3.19. The van der Waals surface area contributed by atoms with E-state index in [9.17, 15) is 4.79 Å². The van der Waals surface area contributed by atoms with Gasteiger partial charge in [0.25, 0.3) is 0 Å². The number of hydrogen-bond donors (Lipinski definition) is 0. The molecule has 0 fully saturated rings. The molecule has 0 spiro atoms. The standard InChI is InChI=1S/C15H10ClNO2/c16-14-5-3-11(17-7-1-2-8-17)9-13(14)15-6-4-12(10-18)19-15/h1-10H. The zero-order chi connectivity index (χ0) is 13.2. The molecule has 2 heterocycles. The Kier molecular flexibility index (Phi) is 2.97. The summed E-state index contributed by atoms with van der Waals surface area (Å²) in [5.41, 5.74) is 1.74. The molecule has 4 heteroatoms. The molecule has 0 bridgehead atoms. The highest BCUT2D eigenvalue weighted by Crippen LogP contribution is 2.31. The van der Waals surface area contributed by atoms with Gasteiger partial charge in [-0.25, -0.2) is 0 Å². The molecule has 0 amide bonds. The van der Waals surface area contributed by atoms with Crippen molar-refractivity contribution in [3.63, 3.8) is 0 Å². The van der Waals surface area contributed by atoms with Gasteiger partial charge in [0.2, 0.25) is 0 Å². The fourth-order valence-electron chi connectivity index (χ4n) is 1.93. The van der Waals surface area contributed by atoms with Crippen LogP contribution in [0.5, 0.6) is 0 Å². The summed E-state index contributed by atoms with van der Waals surface area (Å²) in [6.45, 7) is 0. The maximum absolute atomic E-state index is 10.7. The monoisotopic (exact) mass is 271 g/mol. The summed E-state index contributed by atoms with van der Waals surface area (Å²) in [5, 5.41) is 0.586. The second kappa shape index (κ2) is 4.78. The summed E-state index contributed by atoms with van der Waals surface area (Å²) in [5.74, 6) is 0.874. The predicted octanol–water partition coefficient (Wildman–Crippen LogP) is 4.20. The number of carbonyl (C=O) groups is 1.